The van der Waals surface area contributed by atoms with Crippen molar-refractivity contribution in [3.63, 3.8) is 0 Å². The van der Waals surface area contributed by atoms with Crippen molar-refractivity contribution in [3.8, 4) is 0 Å². The van der Waals surface area contributed by atoms with Crippen LogP contribution in [-0.2, 0) is 17.8 Å². The molecule has 0 aliphatic carbocycles. The molecule has 4 heteroatoms. The van der Waals surface area contributed by atoms with E-state index < -0.39 is 5.97 Å². The zero-order chi connectivity index (χ0) is 13.9. The number of carbonyl (C=O) groups is 1. The molecule has 20 heavy (non-hydrogen) atoms. The summed E-state index contributed by atoms with van der Waals surface area (Å²) < 4.78 is 2.21. The average molecular weight is 270 g/mol. The van der Waals surface area contributed by atoms with Crippen LogP contribution in [0.1, 0.15) is 42.3 Å². The van der Waals surface area contributed by atoms with Crippen LogP contribution in [0.2, 0.25) is 0 Å². The van der Waals surface area contributed by atoms with Gasteiger partial charge in [0.05, 0.1) is 6.42 Å². The summed E-state index contributed by atoms with van der Waals surface area (Å²) in [7, 11) is 0. The van der Waals surface area contributed by atoms with Crippen molar-refractivity contribution in [2.24, 2.45) is 0 Å². The Hall–Kier alpha value is -2.10. The maximum Gasteiger partial charge on any atom is 0.304 e. The lowest BCUT2D eigenvalue weighted by Gasteiger charge is -2.21. The maximum atomic E-state index is 11.2. The summed E-state index contributed by atoms with van der Waals surface area (Å²) in [6.45, 7) is 0.952. The molecule has 1 aromatic heterocycles. The van der Waals surface area contributed by atoms with E-state index in [1.807, 2.05) is 36.5 Å². The number of aromatic nitrogens is 2. The van der Waals surface area contributed by atoms with E-state index in [0.717, 1.165) is 36.5 Å². The van der Waals surface area contributed by atoms with Gasteiger partial charge in [0.25, 0.3) is 0 Å². The molecule has 0 saturated heterocycles. The Labute approximate surface area is 118 Å². The molecular formula is C16H18N2O2. The lowest BCUT2D eigenvalue weighted by Crippen LogP contribution is -2.17. The first-order valence-corrected chi connectivity index (χ1v) is 7.07. The molecule has 3 rings (SSSR count). The fraction of sp³-hybridized carbons (Fsp3) is 0.375. The normalized spacial score (nSPS) is 15.6. The molecule has 1 aromatic carbocycles. The van der Waals surface area contributed by atoms with Gasteiger partial charge in [-0.2, -0.15) is 0 Å². The van der Waals surface area contributed by atoms with Gasteiger partial charge in [-0.25, -0.2) is 4.98 Å². The van der Waals surface area contributed by atoms with Gasteiger partial charge in [0.1, 0.15) is 5.82 Å². The minimum atomic E-state index is -0.773. The number of aliphatic carboxylic acids is 1. The largest absolute Gasteiger partial charge is 0.481 e. The zero-order valence-electron chi connectivity index (χ0n) is 11.3. The lowest BCUT2D eigenvalue weighted by molar-refractivity contribution is -0.137. The zero-order valence-corrected chi connectivity index (χ0v) is 11.3. The number of hydrogen-bond acceptors (Lipinski definition) is 2. The quantitative estimate of drug-likeness (QED) is 0.929. The fourth-order valence-corrected chi connectivity index (χ4v) is 2.97. The summed E-state index contributed by atoms with van der Waals surface area (Å²) in [5.41, 5.74) is 2.08. The van der Waals surface area contributed by atoms with Crippen molar-refractivity contribution < 1.29 is 9.90 Å². The summed E-state index contributed by atoms with van der Waals surface area (Å²) in [4.78, 5) is 15.7. The van der Waals surface area contributed by atoms with Crippen LogP contribution < -0.4 is 0 Å². The van der Waals surface area contributed by atoms with Crippen molar-refractivity contribution in [3.05, 3.63) is 53.6 Å². The topological polar surface area (TPSA) is 55.1 Å². The van der Waals surface area contributed by atoms with E-state index in [1.165, 1.54) is 6.42 Å². The molecule has 0 amide bonds. The van der Waals surface area contributed by atoms with Gasteiger partial charge in [0, 0.05) is 30.8 Å². The van der Waals surface area contributed by atoms with E-state index >= 15 is 0 Å². The Kier molecular flexibility index (Phi) is 3.54. The molecule has 2 aromatic rings. The molecule has 0 saturated carbocycles. The van der Waals surface area contributed by atoms with Crippen molar-refractivity contribution >= 4 is 5.97 Å². The molecule has 1 aliphatic heterocycles. The number of carboxylic acid groups (broad SMARTS) is 1. The Morgan fingerprint density at radius 3 is 2.85 bits per heavy atom. The highest BCUT2D eigenvalue weighted by atomic mass is 16.4. The summed E-state index contributed by atoms with van der Waals surface area (Å²) >= 11 is 0. The first-order valence-electron chi connectivity index (χ1n) is 7.07. The molecule has 104 valence electrons. The SMILES string of the molecule is O=C(O)CC(c1ccccc1)c1cnc2n1CCCC2. The molecule has 2 heterocycles. The van der Waals surface area contributed by atoms with Gasteiger partial charge < -0.3 is 9.67 Å². The highest BCUT2D eigenvalue weighted by Crippen LogP contribution is 2.30. The van der Waals surface area contributed by atoms with Crippen LogP contribution in [0.25, 0.3) is 0 Å². The smallest absolute Gasteiger partial charge is 0.304 e. The first-order chi connectivity index (χ1) is 9.75. The van der Waals surface area contributed by atoms with Crippen LogP contribution in [0, 0.1) is 0 Å². The van der Waals surface area contributed by atoms with E-state index in [2.05, 4.69) is 9.55 Å². The maximum absolute atomic E-state index is 11.2. The minimum Gasteiger partial charge on any atom is -0.481 e. The van der Waals surface area contributed by atoms with Crippen molar-refractivity contribution in [1.29, 1.82) is 0 Å². The summed E-state index contributed by atoms with van der Waals surface area (Å²) in [6, 6.07) is 9.86. The molecule has 0 fully saturated rings. The molecule has 1 aliphatic rings. The van der Waals surface area contributed by atoms with Crippen LogP contribution in [0.5, 0.6) is 0 Å². The lowest BCUT2D eigenvalue weighted by atomic mass is 9.92. The van der Waals surface area contributed by atoms with Gasteiger partial charge in [-0.3, -0.25) is 4.79 Å². The third-order valence-electron chi connectivity index (χ3n) is 3.94. The third kappa shape index (κ3) is 2.46. The predicted octanol–water partition coefficient (Wildman–Crippen LogP) is 2.83. The standard InChI is InChI=1S/C16H18N2O2/c19-16(20)10-13(12-6-2-1-3-7-12)14-11-17-15-8-4-5-9-18(14)15/h1-3,6-7,11,13H,4-5,8-10H2,(H,19,20). The molecule has 0 spiro atoms. The number of nitrogens with zero attached hydrogens (tertiary/aromatic N) is 2. The van der Waals surface area contributed by atoms with Gasteiger partial charge in [-0.15, -0.1) is 0 Å². The number of hydrogen-bond donors (Lipinski definition) is 1. The van der Waals surface area contributed by atoms with Gasteiger partial charge in [-0.05, 0) is 18.4 Å². The number of fused-ring (bicyclic) bond motifs is 1. The monoisotopic (exact) mass is 270 g/mol. The Bertz CT molecular complexity index is 604. The second-order valence-electron chi connectivity index (χ2n) is 5.27. The van der Waals surface area contributed by atoms with Gasteiger partial charge in [-0.1, -0.05) is 30.3 Å². The van der Waals surface area contributed by atoms with E-state index in [4.69, 9.17) is 0 Å². The Morgan fingerprint density at radius 1 is 1.30 bits per heavy atom. The second kappa shape index (κ2) is 5.49. The molecule has 1 atom stereocenters. The van der Waals surface area contributed by atoms with Crippen molar-refractivity contribution in [2.45, 2.75) is 38.1 Å². The van der Waals surface area contributed by atoms with Gasteiger partial charge in [0.2, 0.25) is 0 Å². The van der Waals surface area contributed by atoms with E-state index in [0.29, 0.717) is 0 Å². The Balaban J connectivity index is 2.01. The predicted molar refractivity (Wildman–Crippen MR) is 75.7 cm³/mol. The fourth-order valence-electron chi connectivity index (χ4n) is 2.97. The molecule has 1 N–H and O–H groups in total. The molecule has 1 unspecified atom stereocenters. The van der Waals surface area contributed by atoms with Crippen LogP contribution in [0.4, 0.5) is 0 Å². The van der Waals surface area contributed by atoms with Crippen LogP contribution in [0.3, 0.4) is 0 Å². The summed E-state index contributed by atoms with van der Waals surface area (Å²) in [5, 5.41) is 9.22. The van der Waals surface area contributed by atoms with E-state index in [-0.39, 0.29) is 12.3 Å². The molecule has 4 nitrogen and oxygen atoms in total. The van der Waals surface area contributed by atoms with Crippen LogP contribution in [0.15, 0.2) is 36.5 Å². The first kappa shape index (κ1) is 12.9. The van der Waals surface area contributed by atoms with E-state index in [9.17, 15) is 9.90 Å². The van der Waals surface area contributed by atoms with Gasteiger partial charge in [0.15, 0.2) is 0 Å². The van der Waals surface area contributed by atoms with Crippen LogP contribution in [-0.4, -0.2) is 20.6 Å². The molecule has 0 bridgehead atoms. The summed E-state index contributed by atoms with van der Waals surface area (Å²) in [5.74, 6) is 0.204. The molecular weight excluding hydrogens is 252 g/mol. The number of rotatable bonds is 4. The highest BCUT2D eigenvalue weighted by molar-refractivity contribution is 5.68. The minimum absolute atomic E-state index is 0.106. The number of imidazole rings is 1. The third-order valence-corrected chi connectivity index (χ3v) is 3.94. The highest BCUT2D eigenvalue weighted by Gasteiger charge is 2.24. The molecule has 0 radical (unpaired) electrons. The van der Waals surface area contributed by atoms with Crippen molar-refractivity contribution in [1.82, 2.24) is 9.55 Å². The Morgan fingerprint density at radius 2 is 2.10 bits per heavy atom. The van der Waals surface area contributed by atoms with Crippen molar-refractivity contribution in [2.75, 3.05) is 0 Å². The van der Waals surface area contributed by atoms with Gasteiger partial charge >= 0.3 is 5.97 Å². The van der Waals surface area contributed by atoms with Crippen LogP contribution >= 0.6 is 0 Å². The average Bonchev–Trinajstić information content (AvgIpc) is 2.89. The second-order valence-corrected chi connectivity index (χ2v) is 5.27. The number of carboxylic acids is 1. The van der Waals surface area contributed by atoms with E-state index in [1.54, 1.807) is 0 Å². The summed E-state index contributed by atoms with van der Waals surface area (Å²) in [6.07, 6.45) is 5.28. The number of aryl methyl sites for hydroxylation is 1. The number of benzene rings is 1.